The molecule has 0 saturated heterocycles. The molecular weight excluding hydrogens is 220 g/mol. The van der Waals surface area contributed by atoms with Gasteiger partial charge in [-0.3, -0.25) is 0 Å². The Hall–Kier alpha value is -0.960. The van der Waals surface area contributed by atoms with Crippen LogP contribution < -0.4 is 0 Å². The van der Waals surface area contributed by atoms with Crippen LogP contribution in [-0.4, -0.2) is 16.3 Å². The van der Waals surface area contributed by atoms with E-state index >= 15 is 0 Å². The monoisotopic (exact) mass is 238 g/mol. The summed E-state index contributed by atoms with van der Waals surface area (Å²) in [6.45, 7) is 6.36. The Labute approximate surface area is 101 Å². The first-order valence-corrected chi connectivity index (χ1v) is 6.54. The number of benzene rings is 1. The molecule has 0 fully saturated rings. The van der Waals surface area contributed by atoms with Gasteiger partial charge in [0.1, 0.15) is 0 Å². The third-order valence-corrected chi connectivity index (χ3v) is 4.07. The van der Waals surface area contributed by atoms with Gasteiger partial charge in [-0.2, -0.15) is 11.8 Å². The predicted molar refractivity (Wildman–Crippen MR) is 69.2 cm³/mol. The summed E-state index contributed by atoms with van der Waals surface area (Å²) >= 11 is 1.91. The first-order chi connectivity index (χ1) is 7.54. The second-order valence-corrected chi connectivity index (χ2v) is 5.40. The highest BCUT2D eigenvalue weighted by atomic mass is 32.2. The largest absolute Gasteiger partial charge is 0.478 e. The summed E-state index contributed by atoms with van der Waals surface area (Å²) in [5.41, 5.74) is 2.67. The Morgan fingerprint density at radius 3 is 2.69 bits per heavy atom. The minimum absolute atomic E-state index is 0.370. The molecule has 0 heterocycles. The number of thioether (sulfide) groups is 1. The molecule has 3 heteroatoms. The Kier molecular flexibility index (Phi) is 4.87. The molecule has 0 radical (unpaired) electrons. The molecule has 1 rings (SSSR count). The van der Waals surface area contributed by atoms with Crippen molar-refractivity contribution in [2.45, 2.75) is 38.2 Å². The van der Waals surface area contributed by atoms with Gasteiger partial charge >= 0.3 is 5.97 Å². The van der Waals surface area contributed by atoms with Crippen LogP contribution in [0, 0.1) is 6.92 Å². The lowest BCUT2D eigenvalue weighted by Crippen LogP contribution is -1.99. The number of carboxylic acid groups (broad SMARTS) is 1. The Bertz CT molecular complexity index is 374. The van der Waals surface area contributed by atoms with Crippen LogP contribution in [0.1, 0.15) is 41.8 Å². The van der Waals surface area contributed by atoms with E-state index in [0.29, 0.717) is 10.8 Å². The van der Waals surface area contributed by atoms with Crippen molar-refractivity contribution in [3.05, 3.63) is 34.9 Å². The molecular formula is C13H18O2S. The summed E-state index contributed by atoms with van der Waals surface area (Å²) < 4.78 is 0. The van der Waals surface area contributed by atoms with Crippen LogP contribution in [-0.2, 0) is 5.75 Å². The molecule has 1 aromatic rings. The van der Waals surface area contributed by atoms with Gasteiger partial charge in [0.2, 0.25) is 0 Å². The van der Waals surface area contributed by atoms with Gasteiger partial charge < -0.3 is 5.11 Å². The van der Waals surface area contributed by atoms with Crippen molar-refractivity contribution < 1.29 is 9.90 Å². The van der Waals surface area contributed by atoms with Crippen molar-refractivity contribution in [2.24, 2.45) is 0 Å². The second-order valence-electron chi connectivity index (χ2n) is 3.98. The third kappa shape index (κ3) is 3.56. The number of carboxylic acids is 1. The molecule has 0 aliphatic heterocycles. The number of rotatable bonds is 5. The smallest absolute Gasteiger partial charge is 0.335 e. The zero-order valence-electron chi connectivity index (χ0n) is 9.99. The van der Waals surface area contributed by atoms with Crippen molar-refractivity contribution >= 4 is 17.7 Å². The van der Waals surface area contributed by atoms with Crippen LogP contribution in [0.5, 0.6) is 0 Å². The average Bonchev–Trinajstić information content (AvgIpc) is 2.26. The summed E-state index contributed by atoms with van der Waals surface area (Å²) in [7, 11) is 0. The molecule has 1 unspecified atom stereocenters. The molecule has 0 saturated carbocycles. The lowest BCUT2D eigenvalue weighted by Gasteiger charge is -2.10. The van der Waals surface area contributed by atoms with Crippen molar-refractivity contribution in [3.63, 3.8) is 0 Å². The van der Waals surface area contributed by atoms with Crippen LogP contribution >= 0.6 is 11.8 Å². The first kappa shape index (κ1) is 13.1. The van der Waals surface area contributed by atoms with Gasteiger partial charge in [-0.05, 0) is 36.6 Å². The summed E-state index contributed by atoms with van der Waals surface area (Å²) in [6, 6.07) is 5.35. The van der Waals surface area contributed by atoms with E-state index in [-0.39, 0.29) is 0 Å². The molecule has 0 aliphatic rings. The summed E-state index contributed by atoms with van der Waals surface area (Å²) in [6.07, 6.45) is 1.16. The normalized spacial score (nSPS) is 12.4. The second kappa shape index (κ2) is 5.94. The molecule has 1 aromatic carbocycles. The van der Waals surface area contributed by atoms with Crippen LogP contribution in [0.25, 0.3) is 0 Å². The highest BCUT2D eigenvalue weighted by Gasteiger charge is 2.07. The average molecular weight is 238 g/mol. The molecule has 1 atom stereocenters. The van der Waals surface area contributed by atoms with Gasteiger partial charge in [0.05, 0.1) is 5.56 Å². The van der Waals surface area contributed by atoms with Gasteiger partial charge in [0, 0.05) is 11.0 Å². The first-order valence-electron chi connectivity index (χ1n) is 5.49. The fourth-order valence-electron chi connectivity index (χ4n) is 1.34. The van der Waals surface area contributed by atoms with E-state index in [1.807, 2.05) is 24.8 Å². The highest BCUT2D eigenvalue weighted by Crippen LogP contribution is 2.22. The molecule has 0 spiro atoms. The van der Waals surface area contributed by atoms with E-state index in [4.69, 9.17) is 5.11 Å². The fraction of sp³-hybridized carbons (Fsp3) is 0.462. The predicted octanol–water partition coefficient (Wildman–Crippen LogP) is 3.72. The molecule has 88 valence electrons. The number of carbonyl (C=O) groups is 1. The number of aryl methyl sites for hydroxylation is 1. The number of hydrogen-bond acceptors (Lipinski definition) is 2. The van der Waals surface area contributed by atoms with Crippen molar-refractivity contribution in [3.8, 4) is 0 Å². The Balaban J connectivity index is 2.72. The molecule has 0 aromatic heterocycles. The fourth-order valence-corrected chi connectivity index (χ4v) is 2.36. The van der Waals surface area contributed by atoms with Gasteiger partial charge in [-0.15, -0.1) is 0 Å². The van der Waals surface area contributed by atoms with Crippen LogP contribution in [0.2, 0.25) is 0 Å². The van der Waals surface area contributed by atoms with E-state index in [9.17, 15) is 4.79 Å². The maximum Gasteiger partial charge on any atom is 0.335 e. The van der Waals surface area contributed by atoms with Gasteiger partial charge in [-0.1, -0.05) is 19.9 Å². The van der Waals surface area contributed by atoms with Crippen molar-refractivity contribution in [2.75, 3.05) is 0 Å². The lowest BCUT2D eigenvalue weighted by molar-refractivity contribution is 0.0697. The lowest BCUT2D eigenvalue weighted by atomic mass is 10.1. The van der Waals surface area contributed by atoms with Gasteiger partial charge in [-0.25, -0.2) is 4.79 Å². The van der Waals surface area contributed by atoms with E-state index < -0.39 is 5.97 Å². The van der Waals surface area contributed by atoms with E-state index in [2.05, 4.69) is 13.8 Å². The van der Waals surface area contributed by atoms with E-state index in [1.165, 1.54) is 5.56 Å². The van der Waals surface area contributed by atoms with Crippen LogP contribution in [0.4, 0.5) is 0 Å². The topological polar surface area (TPSA) is 37.3 Å². The van der Waals surface area contributed by atoms with Crippen LogP contribution in [0.15, 0.2) is 18.2 Å². The third-order valence-electron chi connectivity index (χ3n) is 2.69. The van der Waals surface area contributed by atoms with Crippen molar-refractivity contribution in [1.29, 1.82) is 0 Å². The summed E-state index contributed by atoms with van der Waals surface area (Å²) in [4.78, 5) is 10.8. The number of aromatic carboxylic acids is 1. The Morgan fingerprint density at radius 2 is 2.19 bits per heavy atom. The van der Waals surface area contributed by atoms with Crippen LogP contribution in [0.3, 0.4) is 0 Å². The Morgan fingerprint density at radius 1 is 1.50 bits per heavy atom. The molecule has 2 nitrogen and oxygen atoms in total. The van der Waals surface area contributed by atoms with Crippen molar-refractivity contribution in [1.82, 2.24) is 0 Å². The highest BCUT2D eigenvalue weighted by molar-refractivity contribution is 7.99. The zero-order valence-corrected chi connectivity index (χ0v) is 10.8. The minimum Gasteiger partial charge on any atom is -0.478 e. The molecule has 0 aliphatic carbocycles. The van der Waals surface area contributed by atoms with Gasteiger partial charge in [0.15, 0.2) is 0 Å². The minimum atomic E-state index is -0.857. The van der Waals surface area contributed by atoms with E-state index in [0.717, 1.165) is 17.7 Å². The molecule has 0 amide bonds. The number of hydrogen-bond donors (Lipinski definition) is 1. The summed E-state index contributed by atoms with van der Waals surface area (Å²) in [5, 5.41) is 9.50. The van der Waals surface area contributed by atoms with E-state index in [1.54, 1.807) is 12.1 Å². The zero-order chi connectivity index (χ0) is 12.1. The molecule has 16 heavy (non-hydrogen) atoms. The molecule has 0 bridgehead atoms. The summed E-state index contributed by atoms with van der Waals surface area (Å²) in [5.74, 6) is 0.102. The standard InChI is InChI=1S/C13H18O2S/c1-4-10(3)16-8-12-6-5-11(13(14)15)7-9(12)2/h5-7,10H,4,8H2,1-3H3,(H,14,15). The molecule has 1 N–H and O–H groups in total. The van der Waals surface area contributed by atoms with Gasteiger partial charge in [0.25, 0.3) is 0 Å². The maximum absolute atomic E-state index is 10.8. The SMILES string of the molecule is CCC(C)SCc1ccc(C(=O)O)cc1C. The quantitative estimate of drug-likeness (QED) is 0.849. The maximum atomic E-state index is 10.8.